The van der Waals surface area contributed by atoms with Gasteiger partial charge in [0.25, 0.3) is 5.56 Å². The summed E-state index contributed by atoms with van der Waals surface area (Å²) < 4.78 is 1.43. The highest BCUT2D eigenvalue weighted by Gasteiger charge is 2.11. The van der Waals surface area contributed by atoms with E-state index in [1.807, 2.05) is 0 Å². The van der Waals surface area contributed by atoms with E-state index >= 15 is 0 Å². The van der Waals surface area contributed by atoms with Crippen LogP contribution in [0.5, 0.6) is 0 Å². The molecule has 3 aromatic rings. The van der Waals surface area contributed by atoms with Crippen LogP contribution in [-0.4, -0.2) is 20.6 Å². The fourth-order valence-corrected chi connectivity index (χ4v) is 2.50. The molecular formula is C16H11ClN2O3. The summed E-state index contributed by atoms with van der Waals surface area (Å²) in [7, 11) is 0. The Balaban J connectivity index is 2.26. The average molecular weight is 315 g/mol. The second-order valence-electron chi connectivity index (χ2n) is 4.81. The molecule has 6 heteroatoms. The molecule has 3 rings (SSSR count). The van der Waals surface area contributed by atoms with Gasteiger partial charge in [0, 0.05) is 5.02 Å². The first-order chi connectivity index (χ1) is 10.5. The lowest BCUT2D eigenvalue weighted by Crippen LogP contribution is -2.22. The minimum Gasteiger partial charge on any atom is -0.478 e. The van der Waals surface area contributed by atoms with Crippen LogP contribution >= 0.6 is 11.6 Å². The molecule has 0 bridgehead atoms. The van der Waals surface area contributed by atoms with Crippen molar-refractivity contribution in [2.75, 3.05) is 0 Å². The Kier molecular flexibility index (Phi) is 3.42. The smallest absolute Gasteiger partial charge is 0.335 e. The van der Waals surface area contributed by atoms with Gasteiger partial charge in [0.2, 0.25) is 0 Å². The first-order valence-electron chi connectivity index (χ1n) is 6.50. The molecule has 22 heavy (non-hydrogen) atoms. The summed E-state index contributed by atoms with van der Waals surface area (Å²) in [5, 5.41) is 9.81. The molecule has 0 unspecified atom stereocenters. The molecule has 0 aliphatic rings. The highest BCUT2D eigenvalue weighted by Crippen LogP contribution is 2.17. The number of nitrogens with zero attached hydrogens (tertiary/aromatic N) is 2. The van der Waals surface area contributed by atoms with Crippen molar-refractivity contribution in [3.63, 3.8) is 0 Å². The molecule has 0 saturated carbocycles. The Labute approximate surface area is 130 Å². The van der Waals surface area contributed by atoms with E-state index in [0.717, 1.165) is 0 Å². The van der Waals surface area contributed by atoms with E-state index in [-0.39, 0.29) is 11.1 Å². The number of benzene rings is 2. The SMILES string of the molecule is Cc1nc2ccc(Cl)cc2c(=O)n1-c1ccc(C(=O)O)cc1. The van der Waals surface area contributed by atoms with Crippen molar-refractivity contribution in [1.82, 2.24) is 9.55 Å². The summed E-state index contributed by atoms with van der Waals surface area (Å²) in [4.78, 5) is 28.0. The number of carboxylic acid groups (broad SMARTS) is 1. The second kappa shape index (κ2) is 5.27. The second-order valence-corrected chi connectivity index (χ2v) is 5.25. The van der Waals surface area contributed by atoms with Gasteiger partial charge in [0.15, 0.2) is 0 Å². The Morgan fingerprint density at radius 2 is 1.86 bits per heavy atom. The molecule has 0 spiro atoms. The number of aromatic carboxylic acids is 1. The third-order valence-electron chi connectivity index (χ3n) is 3.37. The van der Waals surface area contributed by atoms with Crippen LogP contribution < -0.4 is 5.56 Å². The number of aryl methyl sites for hydroxylation is 1. The number of rotatable bonds is 2. The lowest BCUT2D eigenvalue weighted by atomic mass is 10.2. The minimum atomic E-state index is -1.01. The van der Waals surface area contributed by atoms with Crippen LogP contribution in [0.15, 0.2) is 47.3 Å². The lowest BCUT2D eigenvalue weighted by molar-refractivity contribution is 0.0697. The summed E-state index contributed by atoms with van der Waals surface area (Å²) in [6, 6.07) is 11.0. The molecule has 1 aromatic heterocycles. The van der Waals surface area contributed by atoms with Crippen molar-refractivity contribution in [3.05, 3.63) is 69.2 Å². The average Bonchev–Trinajstić information content (AvgIpc) is 2.49. The molecule has 5 nitrogen and oxygen atoms in total. The van der Waals surface area contributed by atoms with E-state index in [1.165, 1.54) is 16.7 Å². The van der Waals surface area contributed by atoms with E-state index in [9.17, 15) is 9.59 Å². The number of hydrogen-bond acceptors (Lipinski definition) is 3. The van der Waals surface area contributed by atoms with Gasteiger partial charge in [-0.15, -0.1) is 0 Å². The van der Waals surface area contributed by atoms with Crippen LogP contribution in [0.3, 0.4) is 0 Å². The molecule has 0 radical (unpaired) electrons. The molecule has 0 fully saturated rings. The Bertz CT molecular complexity index is 946. The molecule has 2 aromatic carbocycles. The molecular weight excluding hydrogens is 304 g/mol. The number of aromatic nitrogens is 2. The normalized spacial score (nSPS) is 10.8. The number of carbonyl (C=O) groups is 1. The van der Waals surface area contributed by atoms with Crippen LogP contribution in [0.4, 0.5) is 0 Å². The van der Waals surface area contributed by atoms with Gasteiger partial charge >= 0.3 is 5.97 Å². The van der Waals surface area contributed by atoms with Crippen molar-refractivity contribution in [2.45, 2.75) is 6.92 Å². The third kappa shape index (κ3) is 2.35. The van der Waals surface area contributed by atoms with Crippen LogP contribution in [-0.2, 0) is 0 Å². The van der Waals surface area contributed by atoms with Crippen LogP contribution in [0.1, 0.15) is 16.2 Å². The third-order valence-corrected chi connectivity index (χ3v) is 3.61. The first-order valence-corrected chi connectivity index (χ1v) is 6.88. The topological polar surface area (TPSA) is 72.2 Å². The molecule has 0 aliphatic heterocycles. The van der Waals surface area contributed by atoms with Crippen molar-refractivity contribution in [3.8, 4) is 5.69 Å². The van der Waals surface area contributed by atoms with Gasteiger partial charge in [-0.2, -0.15) is 0 Å². The minimum absolute atomic E-state index is 0.159. The van der Waals surface area contributed by atoms with Gasteiger partial charge in [0.1, 0.15) is 5.82 Å². The fraction of sp³-hybridized carbons (Fsp3) is 0.0625. The van der Waals surface area contributed by atoms with E-state index in [1.54, 1.807) is 37.3 Å². The zero-order chi connectivity index (χ0) is 15.9. The highest BCUT2D eigenvalue weighted by atomic mass is 35.5. The van der Waals surface area contributed by atoms with Gasteiger partial charge in [-0.3, -0.25) is 9.36 Å². The van der Waals surface area contributed by atoms with Crippen LogP contribution in [0, 0.1) is 6.92 Å². The van der Waals surface area contributed by atoms with Crippen LogP contribution in [0.2, 0.25) is 5.02 Å². The van der Waals surface area contributed by atoms with Crippen molar-refractivity contribution in [1.29, 1.82) is 0 Å². The standard InChI is InChI=1S/C16H11ClN2O3/c1-9-18-14-7-4-11(17)8-13(14)15(20)19(9)12-5-2-10(3-6-12)16(21)22/h2-8H,1H3,(H,21,22). The summed E-state index contributed by atoms with van der Waals surface area (Å²) in [6.45, 7) is 1.72. The van der Waals surface area contributed by atoms with E-state index in [4.69, 9.17) is 16.7 Å². The maximum absolute atomic E-state index is 12.7. The van der Waals surface area contributed by atoms with E-state index < -0.39 is 5.97 Å². The summed E-state index contributed by atoms with van der Waals surface area (Å²) >= 11 is 5.94. The molecule has 1 heterocycles. The predicted molar refractivity (Wildman–Crippen MR) is 84.0 cm³/mol. The van der Waals surface area contributed by atoms with Gasteiger partial charge in [-0.1, -0.05) is 11.6 Å². The molecule has 0 atom stereocenters. The zero-order valence-corrected chi connectivity index (χ0v) is 12.3. The van der Waals surface area contributed by atoms with Crippen molar-refractivity contribution in [2.24, 2.45) is 0 Å². The van der Waals surface area contributed by atoms with Gasteiger partial charge in [-0.25, -0.2) is 9.78 Å². The highest BCUT2D eigenvalue weighted by molar-refractivity contribution is 6.31. The van der Waals surface area contributed by atoms with E-state index in [2.05, 4.69) is 4.98 Å². The maximum Gasteiger partial charge on any atom is 0.335 e. The molecule has 110 valence electrons. The molecule has 0 amide bonds. The Morgan fingerprint density at radius 3 is 2.50 bits per heavy atom. The lowest BCUT2D eigenvalue weighted by Gasteiger charge is -2.11. The zero-order valence-electron chi connectivity index (χ0n) is 11.6. The predicted octanol–water partition coefficient (Wildman–Crippen LogP) is 3.05. The van der Waals surface area contributed by atoms with Gasteiger partial charge < -0.3 is 5.11 Å². The number of halogens is 1. The first kappa shape index (κ1) is 14.3. The summed E-state index contributed by atoms with van der Waals surface area (Å²) in [5.41, 5.74) is 1.05. The molecule has 0 aliphatic carbocycles. The Morgan fingerprint density at radius 1 is 1.18 bits per heavy atom. The number of fused-ring (bicyclic) bond motifs is 1. The number of carboxylic acids is 1. The van der Waals surface area contributed by atoms with Crippen molar-refractivity contribution >= 4 is 28.5 Å². The van der Waals surface area contributed by atoms with E-state index in [0.29, 0.717) is 27.4 Å². The molecule has 1 N–H and O–H groups in total. The fourth-order valence-electron chi connectivity index (χ4n) is 2.33. The van der Waals surface area contributed by atoms with Gasteiger partial charge in [-0.05, 0) is 49.4 Å². The quantitative estimate of drug-likeness (QED) is 0.789. The van der Waals surface area contributed by atoms with Gasteiger partial charge in [0.05, 0.1) is 22.2 Å². The summed E-state index contributed by atoms with van der Waals surface area (Å²) in [6.07, 6.45) is 0. The van der Waals surface area contributed by atoms with Crippen molar-refractivity contribution < 1.29 is 9.90 Å². The van der Waals surface area contributed by atoms with Crippen LogP contribution in [0.25, 0.3) is 16.6 Å². The monoisotopic (exact) mass is 314 g/mol. The number of hydrogen-bond donors (Lipinski definition) is 1. The largest absolute Gasteiger partial charge is 0.478 e. The maximum atomic E-state index is 12.7. The molecule has 0 saturated heterocycles. The Hall–Kier alpha value is -2.66. The summed E-state index contributed by atoms with van der Waals surface area (Å²) in [5.74, 6) is -0.498.